The largest absolute Gasteiger partial charge is 0.484 e. The van der Waals surface area contributed by atoms with E-state index in [1.165, 1.54) is 0 Å². The fraction of sp³-hybridized carbons (Fsp3) is 0.217. The Balaban J connectivity index is 1.38. The van der Waals surface area contributed by atoms with Gasteiger partial charge in [0.2, 0.25) is 0 Å². The van der Waals surface area contributed by atoms with E-state index in [-0.39, 0.29) is 18.1 Å². The number of carbonyl (C=O) groups excluding carboxylic acids is 1. The van der Waals surface area contributed by atoms with Gasteiger partial charge in [-0.1, -0.05) is 18.2 Å². The van der Waals surface area contributed by atoms with Crippen LogP contribution in [0.1, 0.15) is 0 Å². The first-order valence-electron chi connectivity index (χ1n) is 9.91. The number of nitrogens with one attached hydrogen (secondary N) is 2. The highest BCUT2D eigenvalue weighted by molar-refractivity contribution is 5.89. The number of fused-ring (bicyclic) bond motifs is 2. The molecule has 0 saturated carbocycles. The molecule has 0 spiro atoms. The summed E-state index contributed by atoms with van der Waals surface area (Å²) >= 11 is 0. The Morgan fingerprint density at radius 1 is 0.967 bits per heavy atom. The summed E-state index contributed by atoms with van der Waals surface area (Å²) < 4.78 is 11.0. The van der Waals surface area contributed by atoms with Crippen molar-refractivity contribution in [3.63, 3.8) is 0 Å². The highest BCUT2D eigenvalue weighted by Gasteiger charge is 2.17. The number of hydrogen-bond acceptors (Lipinski definition) is 4. The van der Waals surface area contributed by atoms with Gasteiger partial charge in [-0.25, -0.2) is 0 Å². The summed E-state index contributed by atoms with van der Waals surface area (Å²) in [4.78, 5) is 32.8. The van der Waals surface area contributed by atoms with E-state index in [9.17, 15) is 9.59 Å². The number of hydrogen-bond donors (Lipinski definition) is 2. The van der Waals surface area contributed by atoms with Crippen LogP contribution < -0.4 is 10.3 Å². The minimum absolute atomic E-state index is 0.00682. The molecule has 4 aromatic rings. The van der Waals surface area contributed by atoms with E-state index in [2.05, 4.69) is 9.97 Å². The van der Waals surface area contributed by atoms with Crippen molar-refractivity contribution in [1.29, 1.82) is 0 Å². The second-order valence-corrected chi connectivity index (χ2v) is 7.31. The van der Waals surface area contributed by atoms with E-state index < -0.39 is 0 Å². The molecule has 7 heteroatoms. The van der Waals surface area contributed by atoms with Gasteiger partial charge in [0.25, 0.3) is 11.5 Å². The summed E-state index contributed by atoms with van der Waals surface area (Å²) in [6.07, 6.45) is 0. The average molecular weight is 403 g/mol. The molecule has 2 aromatic heterocycles. The van der Waals surface area contributed by atoms with Crippen LogP contribution in [0.2, 0.25) is 0 Å². The van der Waals surface area contributed by atoms with Gasteiger partial charge in [0.1, 0.15) is 5.75 Å². The number of pyridine rings is 1. The van der Waals surface area contributed by atoms with Crippen molar-refractivity contribution < 1.29 is 14.3 Å². The van der Waals surface area contributed by atoms with Crippen LogP contribution in [0.15, 0.2) is 59.4 Å². The van der Waals surface area contributed by atoms with E-state index in [1.807, 2.05) is 54.6 Å². The summed E-state index contributed by atoms with van der Waals surface area (Å²) in [6, 6.07) is 17.1. The number of amides is 1. The van der Waals surface area contributed by atoms with Crippen LogP contribution in [0.5, 0.6) is 5.75 Å². The van der Waals surface area contributed by atoms with Crippen LogP contribution in [-0.4, -0.2) is 53.7 Å². The number of nitrogens with zero attached hydrogens (tertiary/aromatic N) is 1. The number of para-hydroxylation sites is 1. The molecule has 0 atom stereocenters. The molecule has 30 heavy (non-hydrogen) atoms. The first-order valence-corrected chi connectivity index (χ1v) is 9.91. The number of carbonyl (C=O) groups is 1. The molecule has 2 aromatic carbocycles. The van der Waals surface area contributed by atoms with E-state index >= 15 is 0 Å². The molecule has 1 aliphatic rings. The van der Waals surface area contributed by atoms with Crippen LogP contribution in [0, 0.1) is 0 Å². The second-order valence-electron chi connectivity index (χ2n) is 7.31. The Labute approximate surface area is 172 Å². The van der Waals surface area contributed by atoms with Crippen molar-refractivity contribution in [3.8, 4) is 17.0 Å². The monoisotopic (exact) mass is 403 g/mol. The van der Waals surface area contributed by atoms with Gasteiger partial charge < -0.3 is 24.3 Å². The summed E-state index contributed by atoms with van der Waals surface area (Å²) in [6.45, 7) is 2.33. The molecule has 7 nitrogen and oxygen atoms in total. The van der Waals surface area contributed by atoms with E-state index in [0.29, 0.717) is 37.6 Å². The number of ether oxygens (including phenoxy) is 2. The zero-order valence-electron chi connectivity index (χ0n) is 16.3. The van der Waals surface area contributed by atoms with Gasteiger partial charge in [0.05, 0.1) is 24.5 Å². The lowest BCUT2D eigenvalue weighted by Gasteiger charge is -2.26. The smallest absolute Gasteiger partial charge is 0.260 e. The molecule has 0 radical (unpaired) electrons. The minimum Gasteiger partial charge on any atom is -0.484 e. The number of aromatic nitrogens is 2. The van der Waals surface area contributed by atoms with Gasteiger partial charge in [-0.2, -0.15) is 0 Å². The van der Waals surface area contributed by atoms with Crippen LogP contribution in [0.4, 0.5) is 0 Å². The van der Waals surface area contributed by atoms with Crippen LogP contribution in [0.3, 0.4) is 0 Å². The van der Waals surface area contributed by atoms with Crippen molar-refractivity contribution in [2.75, 3.05) is 32.9 Å². The lowest BCUT2D eigenvalue weighted by atomic mass is 10.1. The standard InChI is InChI=1S/C23H21N3O4/c27-22(26-7-9-29-10-8-26)14-30-17-5-6-20-16(11-17)13-21(24-20)18-12-15-3-1-2-4-19(15)25-23(18)28/h1-6,11-13,24H,7-10,14H2,(H,25,28). The van der Waals surface area contributed by atoms with Crippen molar-refractivity contribution in [2.24, 2.45) is 0 Å². The van der Waals surface area contributed by atoms with Crippen LogP contribution in [0.25, 0.3) is 33.1 Å². The third-order valence-corrected chi connectivity index (χ3v) is 5.36. The van der Waals surface area contributed by atoms with Gasteiger partial charge in [-0.05, 0) is 41.8 Å². The Hall–Kier alpha value is -3.58. The SMILES string of the molecule is O=C(COc1ccc2[nH]c(-c3cc4ccccc4[nH]c3=O)cc2c1)N1CCOCC1. The average Bonchev–Trinajstić information content (AvgIpc) is 3.20. The molecular formula is C23H21N3O4. The molecule has 152 valence electrons. The Kier molecular flexibility index (Phi) is 4.72. The molecule has 2 N–H and O–H groups in total. The maximum absolute atomic E-state index is 12.6. The molecule has 1 amide bonds. The van der Waals surface area contributed by atoms with Gasteiger partial charge >= 0.3 is 0 Å². The molecule has 0 bridgehead atoms. The number of rotatable bonds is 4. The zero-order chi connectivity index (χ0) is 20.5. The second kappa shape index (κ2) is 7.68. The molecule has 0 aliphatic carbocycles. The summed E-state index contributed by atoms with van der Waals surface area (Å²) in [5, 5.41) is 1.88. The van der Waals surface area contributed by atoms with Crippen molar-refractivity contribution in [2.45, 2.75) is 0 Å². The van der Waals surface area contributed by atoms with Crippen molar-refractivity contribution in [3.05, 3.63) is 65.0 Å². The molecule has 1 aliphatic heterocycles. The molecule has 0 unspecified atom stereocenters. The number of benzene rings is 2. The highest BCUT2D eigenvalue weighted by Crippen LogP contribution is 2.27. The molecule has 3 heterocycles. The first kappa shape index (κ1) is 18.4. The van der Waals surface area contributed by atoms with E-state index in [0.717, 1.165) is 27.5 Å². The summed E-state index contributed by atoms with van der Waals surface area (Å²) in [5.41, 5.74) is 2.87. The van der Waals surface area contributed by atoms with Gasteiger partial charge in [-0.3, -0.25) is 9.59 Å². The summed E-state index contributed by atoms with van der Waals surface area (Å²) in [7, 11) is 0. The Morgan fingerprint density at radius 3 is 2.63 bits per heavy atom. The first-order chi connectivity index (χ1) is 14.7. The number of H-pyrrole nitrogens is 2. The molecule has 5 rings (SSSR count). The van der Waals surface area contributed by atoms with E-state index in [1.54, 1.807) is 4.90 Å². The third kappa shape index (κ3) is 3.55. The predicted molar refractivity (Wildman–Crippen MR) is 115 cm³/mol. The lowest BCUT2D eigenvalue weighted by Crippen LogP contribution is -2.42. The van der Waals surface area contributed by atoms with Gasteiger partial charge in [0.15, 0.2) is 6.61 Å². The maximum Gasteiger partial charge on any atom is 0.260 e. The number of morpholine rings is 1. The van der Waals surface area contributed by atoms with Gasteiger partial charge in [-0.15, -0.1) is 0 Å². The predicted octanol–water partition coefficient (Wildman–Crippen LogP) is 2.91. The highest BCUT2D eigenvalue weighted by atomic mass is 16.5. The van der Waals surface area contributed by atoms with Crippen molar-refractivity contribution in [1.82, 2.24) is 14.9 Å². The fourth-order valence-electron chi connectivity index (χ4n) is 3.74. The zero-order valence-corrected chi connectivity index (χ0v) is 16.3. The summed E-state index contributed by atoms with van der Waals surface area (Å²) in [5.74, 6) is 0.568. The van der Waals surface area contributed by atoms with Crippen molar-refractivity contribution >= 4 is 27.7 Å². The molecule has 1 saturated heterocycles. The topological polar surface area (TPSA) is 87.4 Å². The van der Waals surface area contributed by atoms with E-state index in [4.69, 9.17) is 9.47 Å². The van der Waals surface area contributed by atoms with Crippen LogP contribution in [-0.2, 0) is 9.53 Å². The lowest BCUT2D eigenvalue weighted by molar-refractivity contribution is -0.137. The Bertz CT molecular complexity index is 1280. The number of aromatic amines is 2. The quantitative estimate of drug-likeness (QED) is 0.549. The van der Waals surface area contributed by atoms with Gasteiger partial charge in [0, 0.05) is 29.5 Å². The molecule has 1 fully saturated rings. The third-order valence-electron chi connectivity index (χ3n) is 5.36. The maximum atomic E-state index is 12.6. The van der Waals surface area contributed by atoms with Crippen LogP contribution >= 0.6 is 0 Å². The Morgan fingerprint density at radius 2 is 1.77 bits per heavy atom. The molecular weight excluding hydrogens is 382 g/mol. The normalized spacial score (nSPS) is 14.3. The minimum atomic E-state index is -0.146. The fourth-order valence-corrected chi connectivity index (χ4v) is 3.74.